The smallest absolute Gasteiger partial charge is 0.808 e. The summed E-state index contributed by atoms with van der Waals surface area (Å²) < 4.78 is 39.8. The second-order valence-electron chi connectivity index (χ2n) is 3.93. The minimum atomic E-state index is -5.82. The van der Waals surface area contributed by atoms with Crippen molar-refractivity contribution in [2.45, 2.75) is 24.0 Å². The predicted molar refractivity (Wildman–Crippen MR) is 83.1 cm³/mol. The molecule has 0 saturated carbocycles. The molecule has 0 aliphatic carbocycles. The fourth-order valence-corrected chi connectivity index (χ4v) is 2.70. The third-order valence-corrected chi connectivity index (χ3v) is 9.17. The summed E-state index contributed by atoms with van der Waals surface area (Å²) >= 11 is 0. The van der Waals surface area contributed by atoms with E-state index < -0.39 is 40.5 Å². The first-order chi connectivity index (χ1) is 9.00. The van der Waals surface area contributed by atoms with E-state index >= 15 is 0 Å². The Balaban J connectivity index is -0.0000000128. The molecule has 211 valence electrons. The van der Waals surface area contributed by atoms with Crippen molar-refractivity contribution >= 4 is 30.4 Å². The quantitative estimate of drug-likeness (QED) is 0.151. The molecule has 31 heteroatoms. The molecule has 20 N–H and O–H groups in total. The molecule has 0 spiro atoms. The van der Waals surface area contributed by atoms with E-state index in [9.17, 15) is 57.4 Å². The first kappa shape index (κ1) is 97.0. The molecule has 1 radical (unpaired) electrons. The van der Waals surface area contributed by atoms with Gasteiger partial charge in [-0.05, 0) is 44.2 Å². The molecule has 0 atom stereocenters. The monoisotopic (exact) mass is 871 g/mol. The third kappa shape index (κ3) is 33.1. The fourth-order valence-electron chi connectivity index (χ4n) is 0.300. The van der Waals surface area contributed by atoms with Crippen LogP contribution in [-0.4, -0.2) is 53.2 Å². The zero-order valence-electron chi connectivity index (χ0n) is 18.4. The number of hydrogen-bond acceptors (Lipinski definition) is 14. The van der Waals surface area contributed by atoms with Crippen molar-refractivity contribution in [1.82, 2.24) is 0 Å². The molecule has 0 aromatic carbocycles. The van der Waals surface area contributed by atoms with Crippen molar-refractivity contribution in [2.24, 2.45) is 0 Å². The summed E-state index contributed by atoms with van der Waals surface area (Å²) in [6.07, 6.45) is 0. The van der Waals surface area contributed by atoms with E-state index in [1.165, 1.54) is 0 Å². The Bertz CT molecular complexity index is 496. The number of hydrogen-bond donors (Lipinski definition) is 2. The van der Waals surface area contributed by atoms with Crippen LogP contribution < -0.4 is 193 Å². The summed E-state index contributed by atoms with van der Waals surface area (Å²) in [6, 6.07) is 0. The van der Waals surface area contributed by atoms with E-state index in [2.05, 4.69) is 0 Å². The van der Waals surface area contributed by atoms with Crippen molar-refractivity contribution in [2.75, 3.05) is 0 Å². The molecular weight excluding hydrogens is 843 g/mol. The topological polar surface area (TPSA) is 548 Å². The van der Waals surface area contributed by atoms with E-state index in [0.717, 1.165) is 0 Å². The van der Waals surface area contributed by atoms with Gasteiger partial charge in [-0.25, -0.2) is 0 Å². The van der Waals surface area contributed by atoms with Crippen LogP contribution in [0.4, 0.5) is 0 Å². The second kappa shape index (κ2) is 34.8. The third-order valence-electron chi connectivity index (χ3n) is 2.08. The Kier molecular flexibility index (Phi) is 96.5. The van der Waals surface area contributed by atoms with E-state index in [1.807, 2.05) is 0 Å². The van der Waals surface area contributed by atoms with Crippen molar-refractivity contribution in [3.05, 3.63) is 0 Å². The Morgan fingerprint density at radius 3 is 0.543 bits per heavy atom. The Morgan fingerprint density at radius 1 is 0.486 bits per heavy atom. The van der Waals surface area contributed by atoms with E-state index in [4.69, 9.17) is 10.2 Å². The molecule has 0 amide bonds. The second-order valence-corrected chi connectivity index (χ2v) is 12.1. The average Bonchev–Trinajstić information content (AvgIpc) is 2.10. The van der Waals surface area contributed by atoms with Gasteiger partial charge in [-0.15, -0.1) is 0 Å². The van der Waals surface area contributed by atoms with Gasteiger partial charge in [0.05, 0.1) is 0 Å². The summed E-state index contributed by atoms with van der Waals surface area (Å²) in [5.74, 6) is 0. The van der Waals surface area contributed by atoms with Gasteiger partial charge in [0.1, 0.15) is 10.2 Å². The normalized spacial score (nSPS) is 9.49. The minimum absolute atomic E-state index is 0. The summed E-state index contributed by atoms with van der Waals surface area (Å²) in [4.78, 5) is 79.6. The van der Waals surface area contributed by atoms with Crippen LogP contribution in [0.25, 0.3) is 0 Å². The SMILES string of the molecule is CC(O)(P(=O)([O-])[O-])P(=O)([O-])[O-].CC(O)(P(=O)([O-])[O-])P(=O)([O-])[O-].O.O.O.O.O.O.[K+].[K+].[K+].[OH3+].[OH3+].[Ru+2].[Ru+3]. The maximum absolute atomic E-state index is 9.95. The maximum Gasteiger partial charge on any atom is 3.00 e. The Hall–Kier alpha value is 6.36. The standard InChI is InChI=1S/2C2H8O7P2.3K.8H2O.2Ru/c2*1-2(3,10(4,5)6)11(7,8)9;;;;;;;;;;;;;/h2*3H,1H3,(H2,4,5,6)(H2,7,8,9);;;;8*1H2;;/q;;3*+1;;;;;;;;;+2;+3/p-6. The molecule has 0 fully saturated rings. The number of aliphatic hydroxyl groups is 2. The molecule has 0 saturated heterocycles. The van der Waals surface area contributed by atoms with Crippen molar-refractivity contribution in [1.29, 1.82) is 0 Å². The van der Waals surface area contributed by atoms with Gasteiger partial charge in [0.2, 0.25) is 0 Å². The molecule has 0 heterocycles. The van der Waals surface area contributed by atoms with Crippen LogP contribution in [0, 0.1) is 0 Å². The van der Waals surface area contributed by atoms with E-state index in [1.54, 1.807) is 0 Å². The van der Waals surface area contributed by atoms with Crippen molar-refractivity contribution in [3.8, 4) is 0 Å². The molecule has 22 nitrogen and oxygen atoms in total. The fraction of sp³-hybridized carbons (Fsp3) is 1.00. The summed E-state index contributed by atoms with van der Waals surface area (Å²) in [5, 5.41) is 9.35. The van der Waals surface area contributed by atoms with Crippen LogP contribution in [0.15, 0.2) is 0 Å². The Labute approximate surface area is 351 Å². The van der Waals surface area contributed by atoms with Gasteiger partial charge >= 0.3 is 193 Å². The minimum Gasteiger partial charge on any atom is -0.808 e. The van der Waals surface area contributed by atoms with Crippen LogP contribution in [0.2, 0.25) is 0 Å². The van der Waals surface area contributed by atoms with Crippen molar-refractivity contribution in [3.63, 3.8) is 0 Å². The van der Waals surface area contributed by atoms with Gasteiger partial charge in [0.15, 0.2) is 0 Å². The van der Waals surface area contributed by atoms with Crippen LogP contribution in [0.1, 0.15) is 13.8 Å². The van der Waals surface area contributed by atoms with Gasteiger partial charge < -0.3 is 111 Å². The van der Waals surface area contributed by atoms with Gasteiger partial charge in [0.25, 0.3) is 0 Å². The molecule has 0 aliphatic heterocycles. The van der Waals surface area contributed by atoms with E-state index in [-0.39, 0.29) is 251 Å². The van der Waals surface area contributed by atoms with Crippen molar-refractivity contribution < 1.29 is 305 Å². The molecule has 0 aromatic heterocycles. The zero-order chi connectivity index (χ0) is 19.0. The predicted octanol–water partition coefficient (Wildman–Crippen LogP) is -22.8. The van der Waals surface area contributed by atoms with Gasteiger partial charge in [-0.1, -0.05) is 0 Å². The van der Waals surface area contributed by atoms with Crippen LogP contribution in [0.5, 0.6) is 0 Å². The Morgan fingerprint density at radius 2 is 0.543 bits per heavy atom. The van der Waals surface area contributed by atoms with E-state index in [0.29, 0.717) is 0 Å². The summed E-state index contributed by atoms with van der Waals surface area (Å²) in [6.45, 7) is 0.267. The van der Waals surface area contributed by atoms with Gasteiger partial charge in [-0.3, -0.25) is 0 Å². The largest absolute Gasteiger partial charge is 3.00 e. The van der Waals surface area contributed by atoms with Gasteiger partial charge in [-0.2, -0.15) is 0 Å². The molecule has 0 unspecified atom stereocenters. The zero-order valence-corrected chi connectivity index (χ0v) is 34.9. The van der Waals surface area contributed by atoms with Crippen LogP contribution >= 0.6 is 30.4 Å². The van der Waals surface area contributed by atoms with Crippen LogP contribution in [0.3, 0.4) is 0 Å². The molecule has 0 aromatic rings. The van der Waals surface area contributed by atoms with Gasteiger partial charge in [0, 0.05) is 0 Å². The summed E-state index contributed by atoms with van der Waals surface area (Å²) in [5.41, 5.74) is 0. The maximum atomic E-state index is 9.95. The number of rotatable bonds is 4. The first-order valence-corrected chi connectivity index (χ1v) is 10.7. The average molecular weight is 870 g/mol. The molecule has 35 heavy (non-hydrogen) atoms. The molecule has 0 bridgehead atoms. The molecule has 0 rings (SSSR count). The summed E-state index contributed by atoms with van der Waals surface area (Å²) in [7, 11) is -23.3. The molecule has 0 aliphatic rings. The first-order valence-electron chi connectivity index (χ1n) is 4.53. The molecular formula is C4H26K3O22P4Ru2+2. The van der Waals surface area contributed by atoms with Crippen LogP contribution in [-0.2, 0) is 68.2 Å².